The van der Waals surface area contributed by atoms with Crippen LogP contribution in [-0.2, 0) is 15.6 Å². The second-order valence-electron chi connectivity index (χ2n) is 6.44. The summed E-state index contributed by atoms with van der Waals surface area (Å²) in [7, 11) is -4.03. The number of benzene rings is 2. The first-order chi connectivity index (χ1) is 12.2. The van der Waals surface area contributed by atoms with Gasteiger partial charge in [0, 0.05) is 11.4 Å². The molecule has 0 aliphatic carbocycles. The lowest BCUT2D eigenvalue weighted by molar-refractivity contribution is 0.482. The van der Waals surface area contributed by atoms with Crippen molar-refractivity contribution in [1.82, 2.24) is 0 Å². The largest absolute Gasteiger partial charge is 0.379 e. The van der Waals surface area contributed by atoms with E-state index in [4.69, 9.17) is 5.73 Å². The Morgan fingerprint density at radius 3 is 2.77 bits per heavy atom. The van der Waals surface area contributed by atoms with Crippen LogP contribution in [0, 0.1) is 12.7 Å². The minimum Gasteiger partial charge on any atom is -0.379 e. The van der Waals surface area contributed by atoms with Crippen LogP contribution in [0.15, 0.2) is 52.4 Å². The van der Waals surface area contributed by atoms with Crippen molar-refractivity contribution >= 4 is 32.6 Å². The molecular formula is C18H20FN3O2S2. The zero-order valence-corrected chi connectivity index (χ0v) is 16.1. The van der Waals surface area contributed by atoms with Crippen molar-refractivity contribution in [3.05, 3.63) is 59.4 Å². The molecule has 1 aliphatic rings. The SMILES string of the molecule is Cc1ccc(F)c(S(=O)(=O)Nc2cccc(C3(C)CCSC(N)=N3)c2)c1. The standard InChI is InChI=1S/C18H20FN3O2S2/c1-12-6-7-15(19)16(10-12)26(23,24)22-14-5-3-4-13(11-14)18(2)8-9-25-17(20)21-18/h3-7,10-11,22H,8-9H2,1-2H3,(H2,20,21). The molecule has 0 saturated carbocycles. The maximum Gasteiger partial charge on any atom is 0.264 e. The average Bonchev–Trinajstić information content (AvgIpc) is 2.56. The van der Waals surface area contributed by atoms with Gasteiger partial charge in [0.2, 0.25) is 0 Å². The normalized spacial score (nSPS) is 20.5. The number of anilines is 1. The fourth-order valence-electron chi connectivity index (χ4n) is 2.84. The molecule has 138 valence electrons. The van der Waals surface area contributed by atoms with Crippen LogP contribution in [0.2, 0.25) is 0 Å². The highest BCUT2D eigenvalue weighted by Crippen LogP contribution is 2.36. The summed E-state index contributed by atoms with van der Waals surface area (Å²) in [6, 6.07) is 11.0. The number of nitrogens with one attached hydrogen (secondary N) is 1. The van der Waals surface area contributed by atoms with Crippen LogP contribution in [0.5, 0.6) is 0 Å². The van der Waals surface area contributed by atoms with E-state index in [-0.39, 0.29) is 4.90 Å². The monoisotopic (exact) mass is 393 g/mol. The van der Waals surface area contributed by atoms with E-state index >= 15 is 0 Å². The van der Waals surface area contributed by atoms with E-state index in [0.717, 1.165) is 23.8 Å². The number of halogens is 1. The number of thioether (sulfide) groups is 1. The summed E-state index contributed by atoms with van der Waals surface area (Å²) in [5.41, 5.74) is 7.22. The molecule has 0 amide bonds. The highest BCUT2D eigenvalue weighted by atomic mass is 32.2. The molecule has 0 saturated heterocycles. The second-order valence-corrected chi connectivity index (χ2v) is 9.21. The average molecular weight is 394 g/mol. The molecule has 5 nitrogen and oxygen atoms in total. The van der Waals surface area contributed by atoms with Crippen LogP contribution in [0.4, 0.5) is 10.1 Å². The van der Waals surface area contributed by atoms with Gasteiger partial charge in [-0.05, 0) is 55.7 Å². The van der Waals surface area contributed by atoms with E-state index in [1.165, 1.54) is 23.9 Å². The van der Waals surface area contributed by atoms with Gasteiger partial charge in [0.1, 0.15) is 10.7 Å². The van der Waals surface area contributed by atoms with Crippen molar-refractivity contribution in [2.45, 2.75) is 30.7 Å². The fraction of sp³-hybridized carbons (Fsp3) is 0.278. The molecule has 2 aromatic rings. The van der Waals surface area contributed by atoms with E-state index in [1.807, 2.05) is 13.0 Å². The molecule has 1 heterocycles. The molecule has 3 N–H and O–H groups in total. The molecule has 3 rings (SSSR count). The molecule has 2 aromatic carbocycles. The minimum atomic E-state index is -4.03. The number of aliphatic imine (C=N–C) groups is 1. The summed E-state index contributed by atoms with van der Waals surface area (Å²) < 4.78 is 41.6. The molecule has 1 aliphatic heterocycles. The molecule has 0 bridgehead atoms. The van der Waals surface area contributed by atoms with Crippen LogP contribution >= 0.6 is 11.8 Å². The minimum absolute atomic E-state index is 0.358. The van der Waals surface area contributed by atoms with Crippen LogP contribution in [0.3, 0.4) is 0 Å². The van der Waals surface area contributed by atoms with Gasteiger partial charge in [0.25, 0.3) is 10.0 Å². The van der Waals surface area contributed by atoms with E-state index in [1.54, 1.807) is 25.1 Å². The number of amidine groups is 1. The summed E-state index contributed by atoms with van der Waals surface area (Å²) >= 11 is 1.50. The molecule has 1 unspecified atom stereocenters. The second kappa shape index (κ2) is 6.92. The van der Waals surface area contributed by atoms with Crippen molar-refractivity contribution in [2.75, 3.05) is 10.5 Å². The Morgan fingerprint density at radius 2 is 2.04 bits per heavy atom. The van der Waals surface area contributed by atoms with Gasteiger partial charge in [-0.3, -0.25) is 9.71 Å². The van der Waals surface area contributed by atoms with Gasteiger partial charge in [0.05, 0.1) is 5.54 Å². The van der Waals surface area contributed by atoms with Gasteiger partial charge >= 0.3 is 0 Å². The Bertz CT molecular complexity index is 976. The summed E-state index contributed by atoms with van der Waals surface area (Å²) in [6.07, 6.45) is 0.793. The predicted molar refractivity (Wildman–Crippen MR) is 104 cm³/mol. The summed E-state index contributed by atoms with van der Waals surface area (Å²) in [5.74, 6) is 0.0592. The molecule has 1 atom stereocenters. The van der Waals surface area contributed by atoms with Gasteiger partial charge in [-0.15, -0.1) is 0 Å². The zero-order valence-electron chi connectivity index (χ0n) is 14.5. The van der Waals surface area contributed by atoms with E-state index in [0.29, 0.717) is 16.4 Å². The van der Waals surface area contributed by atoms with E-state index in [2.05, 4.69) is 9.71 Å². The van der Waals surface area contributed by atoms with Crippen LogP contribution in [0.25, 0.3) is 0 Å². The number of hydrogen-bond donors (Lipinski definition) is 2. The molecule has 0 aromatic heterocycles. The zero-order chi connectivity index (χ0) is 18.9. The number of rotatable bonds is 4. The first-order valence-electron chi connectivity index (χ1n) is 8.07. The lowest BCUT2D eigenvalue weighted by Gasteiger charge is -2.30. The third-order valence-corrected chi connectivity index (χ3v) is 6.50. The smallest absolute Gasteiger partial charge is 0.264 e. The maximum absolute atomic E-state index is 14.0. The van der Waals surface area contributed by atoms with Crippen molar-refractivity contribution in [3.63, 3.8) is 0 Å². The molecule has 0 radical (unpaired) electrons. The van der Waals surface area contributed by atoms with Crippen LogP contribution in [-0.4, -0.2) is 19.3 Å². The maximum atomic E-state index is 14.0. The van der Waals surface area contributed by atoms with Gasteiger partial charge < -0.3 is 5.73 Å². The third kappa shape index (κ3) is 3.86. The van der Waals surface area contributed by atoms with Gasteiger partial charge in [0.15, 0.2) is 5.17 Å². The summed E-state index contributed by atoms with van der Waals surface area (Å²) in [5, 5.41) is 0.520. The van der Waals surface area contributed by atoms with Gasteiger partial charge in [-0.2, -0.15) is 0 Å². The van der Waals surface area contributed by atoms with E-state index < -0.39 is 21.4 Å². The Hall–Kier alpha value is -2.06. The summed E-state index contributed by atoms with van der Waals surface area (Å²) in [6.45, 7) is 3.68. The number of nitrogens with two attached hydrogens (primary N) is 1. The lowest BCUT2D eigenvalue weighted by atomic mass is 9.89. The van der Waals surface area contributed by atoms with Crippen LogP contribution in [0.1, 0.15) is 24.5 Å². The Balaban J connectivity index is 1.94. The van der Waals surface area contributed by atoms with Crippen molar-refractivity contribution in [2.24, 2.45) is 10.7 Å². The van der Waals surface area contributed by atoms with Gasteiger partial charge in [-0.25, -0.2) is 12.8 Å². The van der Waals surface area contributed by atoms with Crippen molar-refractivity contribution in [3.8, 4) is 0 Å². The molecule has 8 heteroatoms. The van der Waals surface area contributed by atoms with Crippen LogP contribution < -0.4 is 10.5 Å². The Labute approximate surface area is 157 Å². The Kier molecular flexibility index (Phi) is 4.98. The molecule has 0 spiro atoms. The number of hydrogen-bond acceptors (Lipinski definition) is 5. The van der Waals surface area contributed by atoms with E-state index in [9.17, 15) is 12.8 Å². The van der Waals surface area contributed by atoms with Crippen molar-refractivity contribution < 1.29 is 12.8 Å². The molecule has 0 fully saturated rings. The van der Waals surface area contributed by atoms with Crippen molar-refractivity contribution in [1.29, 1.82) is 0 Å². The van der Waals surface area contributed by atoms with Gasteiger partial charge in [-0.1, -0.05) is 30.0 Å². The molecule has 26 heavy (non-hydrogen) atoms. The number of nitrogens with zero attached hydrogens (tertiary/aromatic N) is 1. The highest BCUT2D eigenvalue weighted by Gasteiger charge is 2.30. The quantitative estimate of drug-likeness (QED) is 0.831. The summed E-state index contributed by atoms with van der Waals surface area (Å²) in [4.78, 5) is 4.16. The first kappa shape index (κ1) is 18.7. The fourth-order valence-corrected chi connectivity index (χ4v) is 5.03. The molecular weight excluding hydrogens is 373 g/mol. The Morgan fingerprint density at radius 1 is 1.27 bits per heavy atom. The number of sulfonamides is 1. The number of aryl methyl sites for hydroxylation is 1. The first-order valence-corrected chi connectivity index (χ1v) is 10.5. The highest BCUT2D eigenvalue weighted by molar-refractivity contribution is 8.13. The lowest BCUT2D eigenvalue weighted by Crippen LogP contribution is -2.28. The predicted octanol–water partition coefficient (Wildman–Crippen LogP) is 3.60. The third-order valence-electron chi connectivity index (χ3n) is 4.31. The topological polar surface area (TPSA) is 84.5 Å².